The predicted molar refractivity (Wildman–Crippen MR) is 166 cm³/mol. The van der Waals surface area contributed by atoms with E-state index in [9.17, 15) is 19.5 Å². The molecule has 2 aromatic carbocycles. The van der Waals surface area contributed by atoms with Gasteiger partial charge in [0.15, 0.2) is 16.6 Å². The quantitative estimate of drug-likeness (QED) is 0.138. The van der Waals surface area contributed by atoms with Crippen molar-refractivity contribution in [3.8, 4) is 0 Å². The second kappa shape index (κ2) is 12.5. The first-order valence-corrected chi connectivity index (χ1v) is 16.6. The highest BCUT2D eigenvalue weighted by Crippen LogP contribution is 2.48. The van der Waals surface area contributed by atoms with Crippen molar-refractivity contribution in [3.63, 3.8) is 0 Å². The van der Waals surface area contributed by atoms with Crippen molar-refractivity contribution in [1.82, 2.24) is 4.90 Å². The van der Waals surface area contributed by atoms with Crippen molar-refractivity contribution >= 4 is 46.8 Å². The van der Waals surface area contributed by atoms with Crippen LogP contribution in [0.15, 0.2) is 97.0 Å². The van der Waals surface area contributed by atoms with E-state index in [1.807, 2.05) is 56.3 Å². The molecule has 43 heavy (non-hydrogen) atoms. The lowest BCUT2D eigenvalue weighted by Gasteiger charge is -2.29. The highest BCUT2D eigenvalue weighted by Gasteiger charge is 2.47. The van der Waals surface area contributed by atoms with E-state index in [0.717, 1.165) is 17.1 Å². The van der Waals surface area contributed by atoms with Crippen LogP contribution < -0.4 is 0 Å². The maximum absolute atomic E-state index is 13.8. The summed E-state index contributed by atoms with van der Waals surface area (Å²) in [5.41, 5.74) is 1.81. The molecule has 1 fully saturated rings. The predicted octanol–water partition coefficient (Wildman–Crippen LogP) is 8.37. The topological polar surface area (TPSA) is 113 Å². The van der Waals surface area contributed by atoms with E-state index in [4.69, 9.17) is 4.42 Å². The zero-order chi connectivity index (χ0) is 30.1. The number of carbonyl (C=O) groups is 3. The molecular weight excluding hydrogens is 583 g/mol. The smallest absolute Gasteiger partial charge is 0.264 e. The van der Waals surface area contributed by atoms with E-state index < -0.39 is 5.91 Å². The minimum absolute atomic E-state index is 0.0452. The maximum atomic E-state index is 13.8. The van der Waals surface area contributed by atoms with E-state index in [0.29, 0.717) is 41.9 Å². The monoisotopic (exact) mass is 615 g/mol. The zero-order valence-electron chi connectivity index (χ0n) is 24.1. The van der Waals surface area contributed by atoms with Crippen molar-refractivity contribution in [2.45, 2.75) is 73.0 Å². The molecule has 10 heteroatoms. The molecule has 2 heterocycles. The molecule has 1 saturated carbocycles. The molecule has 1 N–H and O–H groups in total. The highest BCUT2D eigenvalue weighted by atomic mass is 32.2. The minimum atomic E-state index is -0.396. The third kappa shape index (κ3) is 5.58. The van der Waals surface area contributed by atoms with Crippen molar-refractivity contribution < 1.29 is 23.9 Å². The number of Topliss-reactive ketones (excluding diaryl/α,β-unsaturated/α-hetero) is 1. The van der Waals surface area contributed by atoms with Gasteiger partial charge in [0, 0.05) is 33.8 Å². The number of fused-ring (bicyclic) bond motifs is 2. The Hall–Kier alpha value is -3.63. The van der Waals surface area contributed by atoms with Gasteiger partial charge in [0.25, 0.3) is 11.8 Å². The van der Waals surface area contributed by atoms with Gasteiger partial charge in [0.1, 0.15) is 5.76 Å². The Morgan fingerprint density at radius 3 is 2.42 bits per heavy atom. The van der Waals surface area contributed by atoms with Gasteiger partial charge in [0.05, 0.1) is 23.1 Å². The lowest BCUT2D eigenvalue weighted by molar-refractivity contribution is -0.120. The van der Waals surface area contributed by atoms with Gasteiger partial charge in [-0.25, -0.2) is 0 Å². The van der Waals surface area contributed by atoms with Gasteiger partial charge in [-0.15, -0.1) is 22.0 Å². The normalized spacial score (nSPS) is 21.9. The summed E-state index contributed by atoms with van der Waals surface area (Å²) in [4.78, 5) is 42.9. The lowest BCUT2D eigenvalue weighted by atomic mass is 9.80. The number of hydrogen-bond acceptors (Lipinski definition) is 9. The SMILES string of the molecule is CCC(CC)N1C(=O)c2c(N=NC3=C(O)C4CC(Sc5ccco5)CCC4C3=O)ccc(SCc3ccccc3)c2C1=O. The van der Waals surface area contributed by atoms with Gasteiger partial charge in [-0.05, 0) is 61.9 Å². The third-order valence-corrected chi connectivity index (χ3v) is 10.9. The maximum Gasteiger partial charge on any atom is 0.264 e. The molecule has 3 atom stereocenters. The molecule has 3 aliphatic rings. The number of amides is 2. The van der Waals surface area contributed by atoms with Crippen LogP contribution in [0.3, 0.4) is 0 Å². The molecule has 222 valence electrons. The lowest BCUT2D eigenvalue weighted by Crippen LogP contribution is -2.39. The Morgan fingerprint density at radius 1 is 0.930 bits per heavy atom. The Balaban J connectivity index is 1.30. The summed E-state index contributed by atoms with van der Waals surface area (Å²) in [5.74, 6) is -1.01. The average molecular weight is 616 g/mol. The van der Waals surface area contributed by atoms with Crippen molar-refractivity contribution in [1.29, 1.82) is 0 Å². The Bertz CT molecular complexity index is 1600. The third-order valence-electron chi connectivity index (χ3n) is 8.56. The van der Waals surface area contributed by atoms with Crippen LogP contribution in [0.25, 0.3) is 0 Å². The van der Waals surface area contributed by atoms with Crippen LogP contribution in [0.5, 0.6) is 0 Å². The Morgan fingerprint density at radius 2 is 1.70 bits per heavy atom. The van der Waals surface area contributed by atoms with E-state index in [-0.39, 0.29) is 57.5 Å². The number of imide groups is 1. The molecule has 6 rings (SSSR count). The molecule has 0 radical (unpaired) electrons. The number of hydrogen-bond donors (Lipinski definition) is 1. The number of rotatable bonds is 10. The van der Waals surface area contributed by atoms with Gasteiger partial charge >= 0.3 is 0 Å². The Kier molecular flexibility index (Phi) is 8.59. The van der Waals surface area contributed by atoms with Crippen molar-refractivity contribution in [3.05, 3.63) is 89.0 Å². The van der Waals surface area contributed by atoms with Gasteiger partial charge in [-0.2, -0.15) is 0 Å². The van der Waals surface area contributed by atoms with Crippen LogP contribution in [-0.4, -0.2) is 38.9 Å². The molecule has 1 aliphatic heterocycles. The summed E-state index contributed by atoms with van der Waals surface area (Å²) in [7, 11) is 0. The summed E-state index contributed by atoms with van der Waals surface area (Å²) in [6, 6.07) is 16.9. The van der Waals surface area contributed by atoms with Gasteiger partial charge in [-0.1, -0.05) is 55.9 Å². The van der Waals surface area contributed by atoms with E-state index in [1.165, 1.54) is 16.7 Å². The molecule has 1 aromatic heterocycles. The van der Waals surface area contributed by atoms with Crippen LogP contribution in [0.1, 0.15) is 72.2 Å². The molecular formula is C33H33N3O5S2. The molecule has 8 nitrogen and oxygen atoms in total. The fourth-order valence-electron chi connectivity index (χ4n) is 6.29. The molecule has 2 aliphatic carbocycles. The van der Waals surface area contributed by atoms with Crippen LogP contribution >= 0.6 is 23.5 Å². The summed E-state index contributed by atoms with van der Waals surface area (Å²) in [6.45, 7) is 3.92. The average Bonchev–Trinajstić information content (AvgIpc) is 3.70. The van der Waals surface area contributed by atoms with Crippen LogP contribution in [-0.2, 0) is 10.5 Å². The molecule has 3 aromatic rings. The number of allylic oxidation sites excluding steroid dienone is 2. The first-order valence-electron chi connectivity index (χ1n) is 14.7. The number of furan rings is 1. The molecule has 0 spiro atoms. The number of ketones is 1. The molecule has 0 bridgehead atoms. The van der Waals surface area contributed by atoms with E-state index >= 15 is 0 Å². The van der Waals surface area contributed by atoms with E-state index in [2.05, 4.69) is 10.2 Å². The van der Waals surface area contributed by atoms with Crippen molar-refractivity contribution in [2.24, 2.45) is 22.1 Å². The second-order valence-electron chi connectivity index (χ2n) is 11.1. The van der Waals surface area contributed by atoms with Crippen molar-refractivity contribution in [2.75, 3.05) is 0 Å². The molecule has 2 amide bonds. The number of nitrogens with zero attached hydrogens (tertiary/aromatic N) is 3. The molecule has 0 saturated heterocycles. The fraction of sp³-hybridized carbons (Fsp3) is 0.364. The van der Waals surface area contributed by atoms with Gasteiger partial charge in [0.2, 0.25) is 0 Å². The van der Waals surface area contributed by atoms with Crippen LogP contribution in [0, 0.1) is 11.8 Å². The van der Waals surface area contributed by atoms with Crippen LogP contribution in [0.4, 0.5) is 5.69 Å². The number of azo groups is 1. The highest BCUT2D eigenvalue weighted by molar-refractivity contribution is 7.99. The summed E-state index contributed by atoms with van der Waals surface area (Å²) < 4.78 is 5.47. The number of benzene rings is 2. The number of thioether (sulfide) groups is 2. The van der Waals surface area contributed by atoms with E-state index in [1.54, 1.807) is 30.2 Å². The fourth-order valence-corrected chi connectivity index (χ4v) is 8.46. The van der Waals surface area contributed by atoms with Crippen LogP contribution in [0.2, 0.25) is 0 Å². The summed E-state index contributed by atoms with van der Waals surface area (Å²) in [6.07, 6.45) is 5.02. The van der Waals surface area contributed by atoms with Gasteiger partial charge in [-0.3, -0.25) is 19.3 Å². The summed E-state index contributed by atoms with van der Waals surface area (Å²) in [5, 5.41) is 20.7. The molecule has 3 unspecified atom stereocenters. The zero-order valence-corrected chi connectivity index (χ0v) is 25.7. The number of aliphatic hydroxyl groups is 1. The standard InChI is InChI=1S/C33H33N3O5S2/c1-3-20(4-2)36-32(39)27-24(14-15-25(28(27)33(36)40)42-18-19-9-6-5-7-10-19)34-35-29-30(37)22-13-12-21(17-23(22)31(29)38)43-26-11-8-16-41-26/h5-11,14-16,20-23,38H,3-4,12-13,17-18H2,1-2H3. The minimum Gasteiger partial charge on any atom is -0.510 e. The number of carbonyl (C=O) groups excluding carboxylic acids is 3. The summed E-state index contributed by atoms with van der Waals surface area (Å²) >= 11 is 3.11. The first-order chi connectivity index (χ1) is 20.9. The largest absolute Gasteiger partial charge is 0.510 e. The van der Waals surface area contributed by atoms with Gasteiger partial charge < -0.3 is 9.52 Å². The number of aliphatic hydroxyl groups excluding tert-OH is 1. The Labute approximate surface area is 259 Å². The first kappa shape index (κ1) is 29.4. The second-order valence-corrected chi connectivity index (χ2v) is 13.4.